The van der Waals surface area contributed by atoms with Gasteiger partial charge in [-0.2, -0.15) is 0 Å². The number of nitro groups is 1. The quantitative estimate of drug-likeness (QED) is 0.486. The number of hydrogen-bond donors (Lipinski definition) is 0. The SMILES string of the molecule is Cc1cc([N+](=O)[O-])ccc1-c1nnc(CCl)n1C. The van der Waals surface area contributed by atoms with Crippen LogP contribution in [0.25, 0.3) is 11.4 Å². The zero-order chi connectivity index (χ0) is 13.3. The predicted octanol–water partition coefficient (Wildman–Crippen LogP) is 2.44. The summed E-state index contributed by atoms with van der Waals surface area (Å²) in [5.41, 5.74) is 1.66. The summed E-state index contributed by atoms with van der Waals surface area (Å²) in [5.74, 6) is 1.58. The molecular weight excluding hydrogens is 256 g/mol. The number of aryl methyl sites for hydroxylation is 1. The minimum absolute atomic E-state index is 0.0657. The lowest BCUT2D eigenvalue weighted by atomic mass is 10.1. The summed E-state index contributed by atoms with van der Waals surface area (Å²) in [6.07, 6.45) is 0. The van der Waals surface area contributed by atoms with Crippen molar-refractivity contribution in [1.82, 2.24) is 14.8 Å². The van der Waals surface area contributed by atoms with Gasteiger partial charge in [0.2, 0.25) is 0 Å². The number of rotatable bonds is 3. The molecule has 18 heavy (non-hydrogen) atoms. The fourth-order valence-electron chi connectivity index (χ4n) is 1.72. The third-order valence-electron chi connectivity index (χ3n) is 2.75. The van der Waals surface area contributed by atoms with Gasteiger partial charge in [-0.3, -0.25) is 10.1 Å². The second-order valence-corrected chi connectivity index (χ2v) is 4.16. The molecule has 0 saturated carbocycles. The first-order chi connectivity index (χ1) is 8.54. The van der Waals surface area contributed by atoms with Crippen molar-refractivity contribution in [3.05, 3.63) is 39.7 Å². The molecule has 0 spiro atoms. The summed E-state index contributed by atoms with van der Waals surface area (Å²) in [5, 5.41) is 18.7. The highest BCUT2D eigenvalue weighted by Crippen LogP contribution is 2.25. The second kappa shape index (κ2) is 4.73. The number of benzene rings is 1. The third kappa shape index (κ3) is 2.06. The zero-order valence-corrected chi connectivity index (χ0v) is 10.7. The molecule has 0 amide bonds. The van der Waals surface area contributed by atoms with E-state index in [4.69, 9.17) is 11.6 Å². The Bertz CT molecular complexity index is 609. The third-order valence-corrected chi connectivity index (χ3v) is 2.99. The molecule has 6 nitrogen and oxygen atoms in total. The number of halogens is 1. The van der Waals surface area contributed by atoms with Crippen molar-refractivity contribution in [2.75, 3.05) is 0 Å². The van der Waals surface area contributed by atoms with Gasteiger partial charge in [0.15, 0.2) is 5.82 Å². The van der Waals surface area contributed by atoms with Gasteiger partial charge < -0.3 is 4.57 Å². The maximum Gasteiger partial charge on any atom is 0.269 e. The highest BCUT2D eigenvalue weighted by Gasteiger charge is 2.14. The molecule has 1 aromatic heterocycles. The van der Waals surface area contributed by atoms with E-state index in [0.717, 1.165) is 11.1 Å². The van der Waals surface area contributed by atoms with Crippen LogP contribution in [0.3, 0.4) is 0 Å². The lowest BCUT2D eigenvalue weighted by Crippen LogP contribution is -1.99. The molecule has 2 rings (SSSR count). The monoisotopic (exact) mass is 266 g/mol. The Kier molecular flexibility index (Phi) is 3.29. The van der Waals surface area contributed by atoms with Crippen molar-refractivity contribution in [2.45, 2.75) is 12.8 Å². The molecule has 0 fully saturated rings. The van der Waals surface area contributed by atoms with Gasteiger partial charge in [0.05, 0.1) is 10.8 Å². The summed E-state index contributed by atoms with van der Waals surface area (Å²) in [4.78, 5) is 10.3. The average Bonchev–Trinajstić information content (AvgIpc) is 2.70. The summed E-state index contributed by atoms with van der Waals surface area (Å²) in [6, 6.07) is 4.65. The summed E-state index contributed by atoms with van der Waals surface area (Å²) < 4.78 is 1.78. The van der Waals surface area contributed by atoms with Crippen LogP contribution in [-0.4, -0.2) is 19.7 Å². The van der Waals surface area contributed by atoms with Crippen LogP contribution in [0.2, 0.25) is 0 Å². The van der Waals surface area contributed by atoms with Gasteiger partial charge in [-0.05, 0) is 18.6 Å². The van der Waals surface area contributed by atoms with E-state index in [1.807, 2.05) is 7.05 Å². The van der Waals surface area contributed by atoms with Crippen molar-refractivity contribution in [1.29, 1.82) is 0 Å². The molecule has 0 saturated heterocycles. The lowest BCUT2D eigenvalue weighted by Gasteiger charge is -2.05. The first-order valence-electron chi connectivity index (χ1n) is 5.24. The van der Waals surface area contributed by atoms with Crippen LogP contribution < -0.4 is 0 Å². The Hall–Kier alpha value is -1.95. The lowest BCUT2D eigenvalue weighted by molar-refractivity contribution is -0.384. The van der Waals surface area contributed by atoms with Crippen LogP contribution in [0.4, 0.5) is 5.69 Å². The van der Waals surface area contributed by atoms with E-state index in [2.05, 4.69) is 10.2 Å². The molecule has 1 heterocycles. The van der Waals surface area contributed by atoms with Crippen molar-refractivity contribution in [3.8, 4) is 11.4 Å². The Morgan fingerprint density at radius 3 is 2.67 bits per heavy atom. The topological polar surface area (TPSA) is 73.8 Å². The number of aromatic nitrogens is 3. The molecule has 1 aromatic carbocycles. The number of hydrogen-bond acceptors (Lipinski definition) is 4. The smallest absolute Gasteiger partial charge is 0.269 e. The standard InChI is InChI=1S/C11H11ClN4O2/c1-7-5-8(16(17)18)3-4-9(7)11-14-13-10(6-12)15(11)2/h3-5H,6H2,1-2H3. The molecule has 7 heteroatoms. The van der Waals surface area contributed by atoms with E-state index in [1.165, 1.54) is 12.1 Å². The van der Waals surface area contributed by atoms with Crippen molar-refractivity contribution < 1.29 is 4.92 Å². The van der Waals surface area contributed by atoms with E-state index >= 15 is 0 Å². The number of non-ortho nitro benzene ring substituents is 1. The Morgan fingerprint density at radius 1 is 1.44 bits per heavy atom. The first-order valence-corrected chi connectivity index (χ1v) is 5.77. The molecule has 0 atom stereocenters. The molecule has 0 bridgehead atoms. The molecule has 0 aliphatic rings. The summed E-state index contributed by atoms with van der Waals surface area (Å²) in [7, 11) is 1.81. The van der Waals surface area contributed by atoms with Crippen LogP contribution in [0.15, 0.2) is 18.2 Å². The largest absolute Gasteiger partial charge is 0.313 e. The van der Waals surface area contributed by atoms with Crippen LogP contribution >= 0.6 is 11.6 Å². The first kappa shape index (κ1) is 12.5. The molecule has 0 unspecified atom stereocenters. The maximum absolute atomic E-state index is 10.7. The predicted molar refractivity (Wildman–Crippen MR) is 67.4 cm³/mol. The minimum Gasteiger partial charge on any atom is -0.313 e. The molecule has 0 aliphatic carbocycles. The van der Waals surface area contributed by atoms with Crippen molar-refractivity contribution in [3.63, 3.8) is 0 Å². The fourth-order valence-corrected chi connectivity index (χ4v) is 1.96. The summed E-state index contributed by atoms with van der Waals surface area (Å²) in [6.45, 7) is 1.80. The molecule has 2 aromatic rings. The maximum atomic E-state index is 10.7. The van der Waals surface area contributed by atoms with Gasteiger partial charge >= 0.3 is 0 Å². The highest BCUT2D eigenvalue weighted by atomic mass is 35.5. The summed E-state index contributed by atoms with van der Waals surface area (Å²) >= 11 is 5.73. The zero-order valence-electron chi connectivity index (χ0n) is 9.92. The molecule has 0 aliphatic heterocycles. The minimum atomic E-state index is -0.419. The molecule has 94 valence electrons. The van der Waals surface area contributed by atoms with Crippen LogP contribution in [0.5, 0.6) is 0 Å². The van der Waals surface area contributed by atoms with Gasteiger partial charge in [-0.15, -0.1) is 21.8 Å². The van der Waals surface area contributed by atoms with Gasteiger partial charge in [0.25, 0.3) is 5.69 Å². The van der Waals surface area contributed by atoms with Gasteiger partial charge in [0, 0.05) is 24.7 Å². The normalized spacial score (nSPS) is 10.6. The number of alkyl halides is 1. The van der Waals surface area contributed by atoms with Gasteiger partial charge in [0.1, 0.15) is 5.82 Å². The fraction of sp³-hybridized carbons (Fsp3) is 0.273. The molecule has 0 N–H and O–H groups in total. The van der Waals surface area contributed by atoms with E-state index in [-0.39, 0.29) is 11.6 Å². The van der Waals surface area contributed by atoms with Gasteiger partial charge in [-0.25, -0.2) is 0 Å². The van der Waals surface area contributed by atoms with Gasteiger partial charge in [-0.1, -0.05) is 0 Å². The van der Waals surface area contributed by atoms with Crippen molar-refractivity contribution >= 4 is 17.3 Å². The number of nitro benzene ring substituents is 1. The second-order valence-electron chi connectivity index (χ2n) is 3.89. The number of nitrogens with zero attached hydrogens (tertiary/aromatic N) is 4. The average molecular weight is 267 g/mol. The Morgan fingerprint density at radius 2 is 2.17 bits per heavy atom. The van der Waals surface area contributed by atoms with E-state index in [9.17, 15) is 10.1 Å². The van der Waals surface area contributed by atoms with Crippen LogP contribution in [0, 0.1) is 17.0 Å². The Labute approximate surface area is 108 Å². The highest BCUT2D eigenvalue weighted by molar-refractivity contribution is 6.16. The van der Waals surface area contributed by atoms with Crippen LogP contribution in [-0.2, 0) is 12.9 Å². The Balaban J connectivity index is 2.51. The van der Waals surface area contributed by atoms with Crippen LogP contribution in [0.1, 0.15) is 11.4 Å². The van der Waals surface area contributed by atoms with E-state index in [1.54, 1.807) is 17.6 Å². The van der Waals surface area contributed by atoms with Crippen molar-refractivity contribution in [2.24, 2.45) is 7.05 Å². The van der Waals surface area contributed by atoms with E-state index < -0.39 is 4.92 Å². The molecular formula is C11H11ClN4O2. The van der Waals surface area contributed by atoms with E-state index in [0.29, 0.717) is 11.6 Å². The molecule has 0 radical (unpaired) electrons.